The molecule has 1 saturated heterocycles. The van der Waals surface area contributed by atoms with E-state index < -0.39 is 0 Å². The number of anilines is 1. The van der Waals surface area contributed by atoms with Crippen LogP contribution in [0.1, 0.15) is 24.8 Å². The molecule has 2 heterocycles. The summed E-state index contributed by atoms with van der Waals surface area (Å²) in [7, 11) is 0. The van der Waals surface area contributed by atoms with Crippen LogP contribution >= 0.6 is 11.8 Å². The molecule has 0 aliphatic carbocycles. The molecule has 0 spiro atoms. The summed E-state index contributed by atoms with van der Waals surface area (Å²) in [5.41, 5.74) is 2.82. The maximum atomic E-state index is 3.56. The van der Waals surface area contributed by atoms with E-state index in [-0.39, 0.29) is 0 Å². The largest absolute Gasteiger partial charge is 0.383 e. The van der Waals surface area contributed by atoms with Crippen molar-refractivity contribution in [2.24, 2.45) is 0 Å². The molecule has 1 aromatic rings. The van der Waals surface area contributed by atoms with Crippen molar-refractivity contribution in [2.75, 3.05) is 24.2 Å². The summed E-state index contributed by atoms with van der Waals surface area (Å²) in [6, 6.07) is 7.52. The molecule has 2 aliphatic rings. The van der Waals surface area contributed by atoms with Crippen LogP contribution in [0, 0.1) is 0 Å². The number of rotatable bonds is 3. The van der Waals surface area contributed by atoms with Crippen molar-refractivity contribution in [1.82, 2.24) is 5.32 Å². The molecule has 1 unspecified atom stereocenters. The van der Waals surface area contributed by atoms with Gasteiger partial charge in [0.1, 0.15) is 0 Å². The second kappa shape index (κ2) is 5.32. The van der Waals surface area contributed by atoms with Crippen LogP contribution in [0.15, 0.2) is 23.1 Å². The predicted molar refractivity (Wildman–Crippen MR) is 75.0 cm³/mol. The molecule has 0 bridgehead atoms. The fraction of sp³-hybridized carbons (Fsp3) is 0.571. The van der Waals surface area contributed by atoms with Crippen molar-refractivity contribution in [2.45, 2.75) is 36.6 Å². The van der Waals surface area contributed by atoms with Gasteiger partial charge in [0.15, 0.2) is 0 Å². The highest BCUT2D eigenvalue weighted by molar-refractivity contribution is 7.99. The smallest absolute Gasteiger partial charge is 0.0344 e. The Morgan fingerprint density at radius 3 is 3.24 bits per heavy atom. The van der Waals surface area contributed by atoms with E-state index in [1.165, 1.54) is 54.1 Å². The third kappa shape index (κ3) is 2.78. The van der Waals surface area contributed by atoms with Crippen molar-refractivity contribution in [3.8, 4) is 0 Å². The molecular weight excluding hydrogens is 228 g/mol. The number of fused-ring (bicyclic) bond motifs is 1. The summed E-state index contributed by atoms with van der Waals surface area (Å²) in [6.45, 7) is 2.25. The Morgan fingerprint density at radius 2 is 2.35 bits per heavy atom. The summed E-state index contributed by atoms with van der Waals surface area (Å²) >= 11 is 2.00. The highest BCUT2D eigenvalue weighted by Crippen LogP contribution is 2.31. The standard InChI is InChI=1S/C14H20N2S/c1-4-13(15-7-1)10-16-12-5-6-14-11(9-12)3-2-8-17-14/h5-6,9,13,15-16H,1-4,7-8,10H2. The maximum absolute atomic E-state index is 3.56. The third-order valence-corrected chi connectivity index (χ3v) is 4.83. The van der Waals surface area contributed by atoms with Gasteiger partial charge in [0.05, 0.1) is 0 Å². The van der Waals surface area contributed by atoms with E-state index in [9.17, 15) is 0 Å². The molecule has 1 atom stereocenters. The normalized spacial score (nSPS) is 23.4. The summed E-state index contributed by atoms with van der Waals surface area (Å²) in [4.78, 5) is 1.49. The fourth-order valence-corrected chi connectivity index (χ4v) is 3.66. The number of aryl methyl sites for hydroxylation is 1. The number of nitrogens with one attached hydrogen (secondary N) is 2. The molecule has 2 aliphatic heterocycles. The molecule has 0 amide bonds. The number of thioether (sulfide) groups is 1. The van der Waals surface area contributed by atoms with Gasteiger partial charge < -0.3 is 10.6 Å². The zero-order valence-corrected chi connectivity index (χ0v) is 11.0. The first-order chi connectivity index (χ1) is 8.42. The molecule has 17 heavy (non-hydrogen) atoms. The van der Waals surface area contributed by atoms with Crippen LogP contribution < -0.4 is 10.6 Å². The second-order valence-corrected chi connectivity index (χ2v) is 6.09. The van der Waals surface area contributed by atoms with E-state index in [0.29, 0.717) is 6.04 Å². The lowest BCUT2D eigenvalue weighted by Crippen LogP contribution is -2.29. The van der Waals surface area contributed by atoms with Crippen LogP contribution in [0.4, 0.5) is 5.69 Å². The van der Waals surface area contributed by atoms with Crippen LogP contribution in [-0.4, -0.2) is 24.9 Å². The first-order valence-corrected chi connectivity index (χ1v) is 7.63. The summed E-state index contributed by atoms with van der Waals surface area (Å²) in [5, 5.41) is 7.09. The van der Waals surface area contributed by atoms with Gasteiger partial charge in [-0.1, -0.05) is 0 Å². The molecular formula is C14H20N2S. The first kappa shape index (κ1) is 11.4. The van der Waals surface area contributed by atoms with Gasteiger partial charge in [-0.25, -0.2) is 0 Å². The van der Waals surface area contributed by atoms with Gasteiger partial charge in [0, 0.05) is 23.2 Å². The predicted octanol–water partition coefficient (Wildman–Crippen LogP) is 2.89. The highest BCUT2D eigenvalue weighted by atomic mass is 32.2. The minimum absolute atomic E-state index is 0.667. The Bertz CT molecular complexity index is 386. The topological polar surface area (TPSA) is 24.1 Å². The molecule has 3 rings (SSSR count). The Kier molecular flexibility index (Phi) is 3.57. The van der Waals surface area contributed by atoms with Gasteiger partial charge in [0.2, 0.25) is 0 Å². The van der Waals surface area contributed by atoms with Gasteiger partial charge in [0.25, 0.3) is 0 Å². The maximum Gasteiger partial charge on any atom is 0.0344 e. The van der Waals surface area contributed by atoms with Crippen LogP contribution in [-0.2, 0) is 6.42 Å². The Labute approximate surface area is 108 Å². The molecule has 0 radical (unpaired) electrons. The van der Waals surface area contributed by atoms with Crippen molar-refractivity contribution in [1.29, 1.82) is 0 Å². The second-order valence-electron chi connectivity index (χ2n) is 4.95. The number of benzene rings is 1. The first-order valence-electron chi connectivity index (χ1n) is 6.65. The van der Waals surface area contributed by atoms with Crippen LogP contribution in [0.3, 0.4) is 0 Å². The van der Waals surface area contributed by atoms with E-state index in [1.807, 2.05) is 11.8 Å². The minimum atomic E-state index is 0.667. The zero-order chi connectivity index (χ0) is 11.5. The molecule has 0 aromatic heterocycles. The molecule has 1 aromatic carbocycles. The average molecular weight is 248 g/mol. The molecule has 2 N–H and O–H groups in total. The monoisotopic (exact) mass is 248 g/mol. The van der Waals surface area contributed by atoms with Crippen LogP contribution in [0.25, 0.3) is 0 Å². The van der Waals surface area contributed by atoms with E-state index >= 15 is 0 Å². The van der Waals surface area contributed by atoms with E-state index in [2.05, 4.69) is 28.8 Å². The van der Waals surface area contributed by atoms with Crippen molar-refractivity contribution in [3.63, 3.8) is 0 Å². The summed E-state index contributed by atoms with van der Waals surface area (Å²) in [5.74, 6) is 1.28. The van der Waals surface area contributed by atoms with Gasteiger partial charge in [-0.15, -0.1) is 11.8 Å². The van der Waals surface area contributed by atoms with Crippen molar-refractivity contribution >= 4 is 17.4 Å². The Balaban J connectivity index is 1.62. The SMILES string of the molecule is c1cc2c(cc1NCC1CCCN1)CCCS2. The molecule has 2 nitrogen and oxygen atoms in total. The van der Waals surface area contributed by atoms with Crippen LogP contribution in [0.2, 0.25) is 0 Å². The molecule has 3 heteroatoms. The average Bonchev–Trinajstić information content (AvgIpc) is 2.89. The van der Waals surface area contributed by atoms with E-state index in [0.717, 1.165) is 6.54 Å². The lowest BCUT2D eigenvalue weighted by Gasteiger charge is -2.18. The minimum Gasteiger partial charge on any atom is -0.383 e. The van der Waals surface area contributed by atoms with Gasteiger partial charge in [-0.3, -0.25) is 0 Å². The van der Waals surface area contributed by atoms with Crippen LogP contribution in [0.5, 0.6) is 0 Å². The van der Waals surface area contributed by atoms with Gasteiger partial charge >= 0.3 is 0 Å². The highest BCUT2D eigenvalue weighted by Gasteiger charge is 2.14. The Morgan fingerprint density at radius 1 is 1.35 bits per heavy atom. The number of hydrogen-bond donors (Lipinski definition) is 2. The number of hydrogen-bond acceptors (Lipinski definition) is 3. The third-order valence-electron chi connectivity index (χ3n) is 3.62. The summed E-state index contributed by atoms with van der Waals surface area (Å²) < 4.78 is 0. The van der Waals surface area contributed by atoms with Crippen molar-refractivity contribution in [3.05, 3.63) is 23.8 Å². The van der Waals surface area contributed by atoms with Gasteiger partial charge in [-0.05, 0) is 61.7 Å². The summed E-state index contributed by atoms with van der Waals surface area (Å²) in [6.07, 6.45) is 5.21. The zero-order valence-electron chi connectivity index (χ0n) is 10.2. The van der Waals surface area contributed by atoms with E-state index in [4.69, 9.17) is 0 Å². The molecule has 92 valence electrons. The van der Waals surface area contributed by atoms with Crippen molar-refractivity contribution < 1.29 is 0 Å². The lowest BCUT2D eigenvalue weighted by molar-refractivity contribution is 0.633. The lowest BCUT2D eigenvalue weighted by atomic mass is 10.1. The molecule has 1 fully saturated rings. The quantitative estimate of drug-likeness (QED) is 0.860. The fourth-order valence-electron chi connectivity index (χ4n) is 2.64. The Hall–Kier alpha value is -0.670. The van der Waals surface area contributed by atoms with Gasteiger partial charge in [-0.2, -0.15) is 0 Å². The van der Waals surface area contributed by atoms with E-state index in [1.54, 1.807) is 0 Å². The molecule has 0 saturated carbocycles.